The number of ether oxygens (including phenoxy) is 2. The summed E-state index contributed by atoms with van der Waals surface area (Å²) in [5, 5.41) is 3.53. The zero-order chi connectivity index (χ0) is 27.9. The van der Waals surface area contributed by atoms with Gasteiger partial charge in [-0.15, -0.1) is 0 Å². The van der Waals surface area contributed by atoms with Crippen molar-refractivity contribution < 1.29 is 44.8 Å². The summed E-state index contributed by atoms with van der Waals surface area (Å²) in [7, 11) is -2.77. The van der Waals surface area contributed by atoms with Crippen LogP contribution in [0, 0.1) is 5.82 Å². The molecule has 1 N–H and O–H groups in total. The van der Waals surface area contributed by atoms with E-state index in [-0.39, 0.29) is 47.9 Å². The Kier molecular flexibility index (Phi) is 6.99. The molecule has 3 heterocycles. The second-order valence-corrected chi connectivity index (χ2v) is 10.6. The summed E-state index contributed by atoms with van der Waals surface area (Å²) in [5.74, 6) is -1.54. The Morgan fingerprint density at radius 3 is 2.64 bits per heavy atom. The van der Waals surface area contributed by atoms with Crippen molar-refractivity contribution in [2.24, 2.45) is 0 Å². The van der Waals surface area contributed by atoms with E-state index in [0.29, 0.717) is 0 Å². The summed E-state index contributed by atoms with van der Waals surface area (Å²) >= 11 is 0. The number of halogens is 4. The summed E-state index contributed by atoms with van der Waals surface area (Å²) in [5.41, 5.74) is -0.864. The van der Waals surface area contributed by atoms with Gasteiger partial charge in [0.15, 0.2) is 11.6 Å². The first-order chi connectivity index (χ1) is 18.5. The summed E-state index contributed by atoms with van der Waals surface area (Å²) in [6.07, 6.45) is -4.06. The van der Waals surface area contributed by atoms with E-state index in [1.54, 1.807) is 0 Å². The molecule has 208 valence electrons. The molecule has 0 saturated carbocycles. The molecule has 39 heavy (non-hydrogen) atoms. The summed E-state index contributed by atoms with van der Waals surface area (Å²) in [6.45, 7) is -0.592. The van der Waals surface area contributed by atoms with Crippen LogP contribution in [0.3, 0.4) is 0 Å². The number of nitrogens with zero attached hydrogens (tertiary/aromatic N) is 3. The van der Waals surface area contributed by atoms with Crippen molar-refractivity contribution >= 4 is 27.6 Å². The van der Waals surface area contributed by atoms with E-state index in [1.807, 2.05) is 0 Å². The van der Waals surface area contributed by atoms with Crippen LogP contribution >= 0.6 is 0 Å². The molecule has 2 aliphatic rings. The molecule has 1 amide bonds. The van der Waals surface area contributed by atoms with Gasteiger partial charge in [0.1, 0.15) is 24.3 Å². The summed E-state index contributed by atoms with van der Waals surface area (Å²) in [4.78, 5) is 14.1. The highest BCUT2D eigenvalue weighted by Crippen LogP contribution is 2.41. The number of fused-ring (bicyclic) bond motifs is 1. The number of carbonyl (C=O) groups is 1. The maximum Gasteiger partial charge on any atom is 0.416 e. The van der Waals surface area contributed by atoms with Crippen LogP contribution in [0.4, 0.5) is 29.1 Å². The zero-order valence-corrected chi connectivity index (χ0v) is 21.1. The number of anilines is 2. The van der Waals surface area contributed by atoms with Crippen molar-refractivity contribution in [1.29, 1.82) is 0 Å². The maximum atomic E-state index is 15.6. The Hall–Kier alpha value is -3.69. The fourth-order valence-corrected chi connectivity index (χ4v) is 5.93. The number of hydrogen-bond acceptors (Lipinski definition) is 7. The number of hydrogen-bond donors (Lipinski definition) is 1. The number of benzene rings is 2. The lowest BCUT2D eigenvalue weighted by molar-refractivity contribution is -0.137. The van der Waals surface area contributed by atoms with Gasteiger partial charge >= 0.3 is 16.4 Å². The number of nitrogens with one attached hydrogen (secondary N) is 1. The fourth-order valence-electron chi connectivity index (χ4n) is 4.74. The number of aromatic nitrogens is 1. The predicted molar refractivity (Wildman–Crippen MR) is 130 cm³/mol. The van der Waals surface area contributed by atoms with Gasteiger partial charge in [-0.1, -0.05) is 17.3 Å². The van der Waals surface area contributed by atoms with Crippen LogP contribution in [0.1, 0.15) is 12.0 Å². The molecule has 1 aromatic heterocycles. The molecule has 0 radical (unpaired) electrons. The van der Waals surface area contributed by atoms with Crippen LogP contribution in [-0.4, -0.2) is 62.7 Å². The average molecular weight is 571 g/mol. The standard InChI is InChI=1S/C24H22F4N4O6S/c1-36-19-11-15(14-3-2-4-16(9-14)24(26,27)28)10-17(25)23(19)32-18-5-7-31(12-20(18)37-13-22(32)33)39(34,35)30-21-6-8-38-29-21/h2-4,6,8-11,18,20H,5,7,12-13H2,1H3,(H,29,30). The van der Waals surface area contributed by atoms with E-state index in [4.69, 9.17) is 9.47 Å². The molecule has 2 unspecified atom stereocenters. The number of methoxy groups -OCH3 is 1. The zero-order valence-electron chi connectivity index (χ0n) is 20.3. The fraction of sp³-hybridized carbons (Fsp3) is 0.333. The second-order valence-electron chi connectivity index (χ2n) is 8.91. The van der Waals surface area contributed by atoms with Gasteiger partial charge in [-0.25, -0.2) is 4.39 Å². The largest absolute Gasteiger partial charge is 0.494 e. The van der Waals surface area contributed by atoms with Crippen molar-refractivity contribution in [3.63, 3.8) is 0 Å². The molecular formula is C24H22F4N4O6S. The van der Waals surface area contributed by atoms with Gasteiger partial charge in [0.2, 0.25) is 0 Å². The number of carbonyl (C=O) groups excluding carboxylic acids is 1. The smallest absolute Gasteiger partial charge is 0.416 e. The topological polar surface area (TPSA) is 114 Å². The highest BCUT2D eigenvalue weighted by atomic mass is 32.2. The Morgan fingerprint density at radius 1 is 1.15 bits per heavy atom. The molecule has 2 saturated heterocycles. The first kappa shape index (κ1) is 26.9. The van der Waals surface area contributed by atoms with E-state index < -0.39 is 52.4 Å². The monoisotopic (exact) mass is 570 g/mol. The molecular weight excluding hydrogens is 548 g/mol. The van der Waals surface area contributed by atoms with E-state index in [0.717, 1.165) is 22.5 Å². The summed E-state index contributed by atoms with van der Waals surface area (Å²) < 4.78 is 99.9. The number of rotatable bonds is 6. The number of morpholine rings is 1. The molecule has 10 nitrogen and oxygen atoms in total. The van der Waals surface area contributed by atoms with Crippen molar-refractivity contribution in [2.45, 2.75) is 24.7 Å². The average Bonchev–Trinajstić information content (AvgIpc) is 3.40. The highest BCUT2D eigenvalue weighted by Gasteiger charge is 2.45. The lowest BCUT2D eigenvalue weighted by atomic mass is 9.97. The molecule has 2 atom stereocenters. The molecule has 0 bridgehead atoms. The third-order valence-electron chi connectivity index (χ3n) is 6.53. The molecule has 0 aliphatic carbocycles. The van der Waals surface area contributed by atoms with E-state index in [2.05, 4.69) is 14.4 Å². The van der Waals surface area contributed by atoms with Crippen molar-refractivity contribution in [3.05, 3.63) is 60.1 Å². The van der Waals surface area contributed by atoms with Crippen LogP contribution in [0.15, 0.2) is 53.3 Å². The van der Waals surface area contributed by atoms with Crippen LogP contribution in [0.5, 0.6) is 5.75 Å². The lowest BCUT2D eigenvalue weighted by Gasteiger charge is -2.46. The normalized spacial score (nSPS) is 20.5. The molecule has 3 aromatic rings. The predicted octanol–water partition coefficient (Wildman–Crippen LogP) is 3.67. The maximum absolute atomic E-state index is 15.6. The van der Waals surface area contributed by atoms with Crippen molar-refractivity contribution in [3.8, 4) is 16.9 Å². The van der Waals surface area contributed by atoms with Crippen LogP contribution in [0.2, 0.25) is 0 Å². The Morgan fingerprint density at radius 2 is 1.95 bits per heavy atom. The molecule has 5 rings (SSSR count). The molecule has 2 aliphatic heterocycles. The molecule has 2 aromatic carbocycles. The lowest BCUT2D eigenvalue weighted by Crippen LogP contribution is -2.62. The Balaban J connectivity index is 1.44. The van der Waals surface area contributed by atoms with Crippen LogP contribution in [0.25, 0.3) is 11.1 Å². The van der Waals surface area contributed by atoms with Gasteiger partial charge in [0.05, 0.1) is 24.8 Å². The van der Waals surface area contributed by atoms with Gasteiger partial charge in [-0.05, 0) is 41.8 Å². The van der Waals surface area contributed by atoms with Crippen LogP contribution in [-0.2, 0) is 25.9 Å². The van der Waals surface area contributed by atoms with Crippen LogP contribution < -0.4 is 14.4 Å². The minimum Gasteiger partial charge on any atom is -0.494 e. The van der Waals surface area contributed by atoms with E-state index in [1.165, 1.54) is 42.5 Å². The SMILES string of the molecule is COc1cc(-c2cccc(C(F)(F)F)c2)cc(F)c1N1C(=O)COC2CN(S(=O)(=O)Nc3ccon3)CCC21. The minimum atomic E-state index is -4.58. The number of amides is 1. The molecule has 15 heteroatoms. The quantitative estimate of drug-likeness (QED) is 0.450. The third kappa shape index (κ3) is 5.29. The second kappa shape index (κ2) is 10.1. The molecule has 2 fully saturated rings. The Bertz CT molecular complexity index is 1480. The number of alkyl halides is 3. The number of piperidine rings is 1. The molecule has 0 spiro atoms. The van der Waals surface area contributed by atoms with Crippen molar-refractivity contribution in [2.75, 3.05) is 36.4 Å². The highest BCUT2D eigenvalue weighted by molar-refractivity contribution is 7.90. The summed E-state index contributed by atoms with van der Waals surface area (Å²) in [6, 6.07) is 7.42. The van der Waals surface area contributed by atoms with E-state index >= 15 is 4.39 Å². The van der Waals surface area contributed by atoms with Gasteiger partial charge < -0.3 is 14.0 Å². The Labute approximate surface area is 220 Å². The van der Waals surface area contributed by atoms with Gasteiger partial charge in [0, 0.05) is 19.2 Å². The van der Waals surface area contributed by atoms with Gasteiger partial charge in [-0.2, -0.15) is 25.9 Å². The van der Waals surface area contributed by atoms with Crippen molar-refractivity contribution in [1.82, 2.24) is 9.46 Å². The first-order valence-electron chi connectivity index (χ1n) is 11.6. The van der Waals surface area contributed by atoms with E-state index in [9.17, 15) is 26.4 Å². The third-order valence-corrected chi connectivity index (χ3v) is 8.01. The first-order valence-corrected chi connectivity index (χ1v) is 13.1. The van der Waals surface area contributed by atoms with Gasteiger partial charge in [0.25, 0.3) is 5.91 Å². The minimum absolute atomic E-state index is 0.00819. The van der Waals surface area contributed by atoms with Gasteiger partial charge in [-0.3, -0.25) is 14.4 Å².